The Bertz CT molecular complexity index is 628. The summed E-state index contributed by atoms with van der Waals surface area (Å²) in [5.41, 5.74) is 7.49. The molecular formula is C16H21N3O. The van der Waals surface area contributed by atoms with E-state index < -0.39 is 0 Å². The van der Waals surface area contributed by atoms with Crippen molar-refractivity contribution in [2.45, 2.75) is 25.4 Å². The van der Waals surface area contributed by atoms with Gasteiger partial charge in [-0.05, 0) is 50.1 Å². The molecule has 1 aliphatic heterocycles. The van der Waals surface area contributed by atoms with Crippen LogP contribution in [0.25, 0.3) is 10.9 Å². The zero-order valence-electron chi connectivity index (χ0n) is 12.1. The van der Waals surface area contributed by atoms with Crippen molar-refractivity contribution in [3.63, 3.8) is 0 Å². The summed E-state index contributed by atoms with van der Waals surface area (Å²) in [5, 5.41) is 1.08. The van der Waals surface area contributed by atoms with Gasteiger partial charge in [0.25, 0.3) is 0 Å². The molecule has 1 fully saturated rings. The SMILES string of the molecule is COC1(C)CCCN(c2ccc3cc(N)ccc3n2)C1. The molecular weight excluding hydrogens is 250 g/mol. The van der Waals surface area contributed by atoms with Gasteiger partial charge >= 0.3 is 0 Å². The van der Waals surface area contributed by atoms with Crippen LogP contribution < -0.4 is 10.6 Å². The fourth-order valence-corrected chi connectivity index (χ4v) is 2.88. The van der Waals surface area contributed by atoms with Crippen LogP contribution in [0.1, 0.15) is 19.8 Å². The lowest BCUT2D eigenvalue weighted by Gasteiger charge is -2.40. The number of aromatic nitrogens is 1. The van der Waals surface area contributed by atoms with Gasteiger partial charge in [0, 0.05) is 31.3 Å². The number of ether oxygens (including phenoxy) is 1. The lowest BCUT2D eigenvalue weighted by molar-refractivity contribution is -0.00480. The molecule has 0 radical (unpaired) electrons. The van der Waals surface area contributed by atoms with E-state index in [0.29, 0.717) is 0 Å². The molecule has 0 spiro atoms. The van der Waals surface area contributed by atoms with Crippen molar-refractivity contribution >= 4 is 22.4 Å². The van der Waals surface area contributed by atoms with Crippen LogP contribution >= 0.6 is 0 Å². The van der Waals surface area contributed by atoms with E-state index in [0.717, 1.165) is 48.3 Å². The van der Waals surface area contributed by atoms with Gasteiger partial charge in [-0.1, -0.05) is 0 Å². The molecule has 2 aromatic rings. The topological polar surface area (TPSA) is 51.4 Å². The largest absolute Gasteiger partial charge is 0.399 e. The summed E-state index contributed by atoms with van der Waals surface area (Å²) in [6.07, 6.45) is 2.23. The van der Waals surface area contributed by atoms with E-state index >= 15 is 0 Å². The lowest BCUT2D eigenvalue weighted by atomic mass is 9.95. The Morgan fingerprint density at radius 1 is 1.30 bits per heavy atom. The number of benzene rings is 1. The van der Waals surface area contributed by atoms with Crippen LogP contribution in [0.15, 0.2) is 30.3 Å². The lowest BCUT2D eigenvalue weighted by Crippen LogP contribution is -2.47. The van der Waals surface area contributed by atoms with Crippen LogP contribution in [0.3, 0.4) is 0 Å². The van der Waals surface area contributed by atoms with Crippen molar-refractivity contribution in [2.24, 2.45) is 0 Å². The summed E-state index contributed by atoms with van der Waals surface area (Å²) in [5.74, 6) is 1.02. The van der Waals surface area contributed by atoms with Crippen LogP contribution in [-0.4, -0.2) is 30.8 Å². The second-order valence-electron chi connectivity index (χ2n) is 5.80. The molecule has 1 aromatic carbocycles. The summed E-state index contributed by atoms with van der Waals surface area (Å²) < 4.78 is 5.65. The Balaban J connectivity index is 1.92. The Hall–Kier alpha value is -1.81. The molecule has 4 heteroatoms. The standard InChI is InChI=1S/C16H21N3O/c1-16(20-2)8-3-9-19(11-16)15-7-4-12-10-13(17)5-6-14(12)18-15/h4-7,10H,3,8-9,11,17H2,1-2H3. The van der Waals surface area contributed by atoms with Crippen LogP contribution in [0.4, 0.5) is 11.5 Å². The first-order valence-electron chi connectivity index (χ1n) is 7.06. The molecule has 0 aliphatic carbocycles. The molecule has 1 aliphatic rings. The van der Waals surface area contributed by atoms with E-state index in [9.17, 15) is 0 Å². The minimum absolute atomic E-state index is 0.0734. The monoisotopic (exact) mass is 271 g/mol. The van der Waals surface area contributed by atoms with Crippen molar-refractivity contribution in [3.05, 3.63) is 30.3 Å². The first-order chi connectivity index (χ1) is 9.59. The fourth-order valence-electron chi connectivity index (χ4n) is 2.88. The molecule has 2 heterocycles. The van der Waals surface area contributed by atoms with Gasteiger partial charge in [-0.15, -0.1) is 0 Å². The van der Waals surface area contributed by atoms with Crippen molar-refractivity contribution in [1.82, 2.24) is 4.98 Å². The minimum Gasteiger partial charge on any atom is -0.399 e. The molecule has 2 N–H and O–H groups in total. The second kappa shape index (κ2) is 4.94. The molecule has 4 nitrogen and oxygen atoms in total. The molecule has 1 atom stereocenters. The maximum absolute atomic E-state index is 5.80. The fraction of sp³-hybridized carbons (Fsp3) is 0.438. The van der Waals surface area contributed by atoms with Crippen LogP contribution in [0, 0.1) is 0 Å². The van der Waals surface area contributed by atoms with E-state index in [1.807, 2.05) is 18.2 Å². The highest BCUT2D eigenvalue weighted by atomic mass is 16.5. The zero-order valence-corrected chi connectivity index (χ0v) is 12.1. The van der Waals surface area contributed by atoms with E-state index in [4.69, 9.17) is 15.5 Å². The van der Waals surface area contributed by atoms with Gasteiger partial charge < -0.3 is 15.4 Å². The highest BCUT2D eigenvalue weighted by Gasteiger charge is 2.31. The number of fused-ring (bicyclic) bond motifs is 1. The predicted octanol–water partition coefficient (Wildman–Crippen LogP) is 2.82. The third-order valence-electron chi connectivity index (χ3n) is 4.17. The number of rotatable bonds is 2. The number of pyridine rings is 1. The van der Waals surface area contributed by atoms with Gasteiger partial charge in [0.1, 0.15) is 5.82 Å². The Morgan fingerprint density at radius 2 is 2.15 bits per heavy atom. The van der Waals surface area contributed by atoms with E-state index in [-0.39, 0.29) is 5.60 Å². The van der Waals surface area contributed by atoms with Crippen molar-refractivity contribution in [1.29, 1.82) is 0 Å². The van der Waals surface area contributed by atoms with E-state index in [1.165, 1.54) is 0 Å². The van der Waals surface area contributed by atoms with Crippen LogP contribution in [0.5, 0.6) is 0 Å². The molecule has 1 saturated heterocycles. The van der Waals surface area contributed by atoms with Crippen LogP contribution in [-0.2, 0) is 4.74 Å². The Morgan fingerprint density at radius 3 is 2.95 bits per heavy atom. The molecule has 20 heavy (non-hydrogen) atoms. The normalized spacial score (nSPS) is 23.2. The van der Waals surface area contributed by atoms with Crippen molar-refractivity contribution in [3.8, 4) is 0 Å². The summed E-state index contributed by atoms with van der Waals surface area (Å²) in [6, 6.07) is 10.00. The van der Waals surface area contributed by atoms with Crippen molar-refractivity contribution < 1.29 is 4.74 Å². The van der Waals surface area contributed by atoms with Gasteiger partial charge in [-0.25, -0.2) is 4.98 Å². The van der Waals surface area contributed by atoms with Crippen LogP contribution in [0.2, 0.25) is 0 Å². The molecule has 3 rings (SSSR count). The minimum atomic E-state index is -0.0734. The maximum Gasteiger partial charge on any atom is 0.129 e. The second-order valence-corrected chi connectivity index (χ2v) is 5.80. The predicted molar refractivity (Wildman–Crippen MR) is 83.0 cm³/mol. The zero-order chi connectivity index (χ0) is 14.2. The summed E-state index contributed by atoms with van der Waals surface area (Å²) in [7, 11) is 1.79. The van der Waals surface area contributed by atoms with Gasteiger partial charge in [0.05, 0.1) is 11.1 Å². The summed E-state index contributed by atoms with van der Waals surface area (Å²) >= 11 is 0. The summed E-state index contributed by atoms with van der Waals surface area (Å²) in [4.78, 5) is 7.06. The molecule has 0 amide bonds. The molecule has 1 unspecified atom stereocenters. The molecule has 0 saturated carbocycles. The molecule has 106 valence electrons. The van der Waals surface area contributed by atoms with E-state index in [1.54, 1.807) is 7.11 Å². The Kier molecular flexibility index (Phi) is 3.26. The number of anilines is 2. The molecule has 1 aromatic heterocycles. The molecule has 0 bridgehead atoms. The maximum atomic E-state index is 5.80. The Labute approximate surface area is 119 Å². The third kappa shape index (κ3) is 2.43. The number of hydrogen-bond acceptors (Lipinski definition) is 4. The first-order valence-corrected chi connectivity index (χ1v) is 7.06. The average Bonchev–Trinajstić information content (AvgIpc) is 2.47. The highest BCUT2D eigenvalue weighted by Crippen LogP contribution is 2.28. The number of methoxy groups -OCH3 is 1. The quantitative estimate of drug-likeness (QED) is 0.853. The average molecular weight is 271 g/mol. The number of hydrogen-bond donors (Lipinski definition) is 1. The number of piperidine rings is 1. The van der Waals surface area contributed by atoms with Gasteiger partial charge in [0.2, 0.25) is 0 Å². The van der Waals surface area contributed by atoms with E-state index in [2.05, 4.69) is 24.0 Å². The highest BCUT2D eigenvalue weighted by molar-refractivity contribution is 5.83. The number of nitrogen functional groups attached to an aromatic ring is 1. The number of nitrogens with zero attached hydrogens (tertiary/aromatic N) is 2. The van der Waals surface area contributed by atoms with Gasteiger partial charge in [-0.3, -0.25) is 0 Å². The van der Waals surface area contributed by atoms with Crippen molar-refractivity contribution in [2.75, 3.05) is 30.8 Å². The first kappa shape index (κ1) is 13.2. The number of nitrogens with two attached hydrogens (primary N) is 1. The van der Waals surface area contributed by atoms with Gasteiger partial charge in [0.15, 0.2) is 0 Å². The smallest absolute Gasteiger partial charge is 0.129 e. The summed E-state index contributed by atoms with van der Waals surface area (Å²) in [6.45, 7) is 4.09. The van der Waals surface area contributed by atoms with Gasteiger partial charge in [-0.2, -0.15) is 0 Å². The third-order valence-corrected chi connectivity index (χ3v) is 4.17.